The third-order valence-electron chi connectivity index (χ3n) is 4.58. The van der Waals surface area contributed by atoms with E-state index in [0.29, 0.717) is 25.8 Å². The number of hydrogen-bond acceptors (Lipinski definition) is 5. The number of rotatable bonds is 3. The van der Waals surface area contributed by atoms with Crippen molar-refractivity contribution in [3.63, 3.8) is 0 Å². The highest BCUT2D eigenvalue weighted by molar-refractivity contribution is 7.90. The maximum atomic E-state index is 12.0. The normalized spacial score (nSPS) is 36.7. The molecule has 1 aliphatic carbocycles. The molecule has 6 nitrogen and oxygen atoms in total. The first-order valence-corrected chi connectivity index (χ1v) is 9.02. The van der Waals surface area contributed by atoms with Crippen molar-refractivity contribution in [3.05, 3.63) is 0 Å². The fourth-order valence-electron chi connectivity index (χ4n) is 3.46. The van der Waals surface area contributed by atoms with Gasteiger partial charge in [0.05, 0.1) is 17.8 Å². The second kappa shape index (κ2) is 5.61. The molecule has 3 rings (SSSR count). The zero-order valence-electron chi connectivity index (χ0n) is 11.6. The van der Waals surface area contributed by atoms with E-state index in [9.17, 15) is 13.2 Å². The van der Waals surface area contributed by atoms with Crippen LogP contribution in [0.15, 0.2) is 0 Å². The molecule has 7 heteroatoms. The van der Waals surface area contributed by atoms with Crippen LogP contribution in [0.4, 0.5) is 0 Å². The van der Waals surface area contributed by atoms with E-state index in [1.54, 1.807) is 0 Å². The molecule has 0 aromatic rings. The van der Waals surface area contributed by atoms with Gasteiger partial charge in [-0.3, -0.25) is 9.69 Å². The maximum Gasteiger partial charge on any atom is 0.320 e. The topological polar surface area (TPSA) is 75.7 Å². The van der Waals surface area contributed by atoms with Crippen LogP contribution in [-0.2, 0) is 19.6 Å². The molecule has 0 radical (unpaired) electrons. The quantitative estimate of drug-likeness (QED) is 0.756. The zero-order valence-corrected chi connectivity index (χ0v) is 12.4. The molecule has 0 aromatic carbocycles. The van der Waals surface area contributed by atoms with E-state index < -0.39 is 10.0 Å². The Morgan fingerprint density at radius 3 is 2.70 bits per heavy atom. The lowest BCUT2D eigenvalue weighted by molar-refractivity contribution is -0.152. The Bertz CT molecular complexity index is 473. The smallest absolute Gasteiger partial charge is 0.320 e. The van der Waals surface area contributed by atoms with Crippen molar-refractivity contribution >= 4 is 16.0 Å². The van der Waals surface area contributed by atoms with Crippen LogP contribution in [0.2, 0.25) is 0 Å². The molecule has 2 heterocycles. The molecule has 0 spiro atoms. The van der Waals surface area contributed by atoms with Gasteiger partial charge in [-0.1, -0.05) is 6.42 Å². The van der Waals surface area contributed by atoms with Gasteiger partial charge < -0.3 is 4.74 Å². The molecular weight excluding hydrogens is 280 g/mol. The molecule has 3 unspecified atom stereocenters. The number of hydrogen-bond donors (Lipinski definition) is 1. The van der Waals surface area contributed by atoms with E-state index in [1.165, 1.54) is 6.42 Å². The molecular formula is C13H22N2O4S. The first kappa shape index (κ1) is 14.3. The summed E-state index contributed by atoms with van der Waals surface area (Å²) in [5, 5.41) is -0.287. The summed E-state index contributed by atoms with van der Waals surface area (Å²) in [5.41, 5.74) is 0. The Kier molecular flexibility index (Phi) is 4.01. The number of esters is 1. The SMILES string of the molecule is O=C(CN1CCCCC1)OC1CCC2CC1NS2(=O)=O. The number of ether oxygens (including phenoxy) is 1. The van der Waals surface area contributed by atoms with E-state index in [1.807, 2.05) is 0 Å². The summed E-state index contributed by atoms with van der Waals surface area (Å²) in [4.78, 5) is 14.1. The second-order valence-corrected chi connectivity index (χ2v) is 8.06. The van der Waals surface area contributed by atoms with Gasteiger partial charge in [0, 0.05) is 0 Å². The lowest BCUT2D eigenvalue weighted by atomic mass is 9.93. The minimum absolute atomic E-state index is 0.218. The van der Waals surface area contributed by atoms with E-state index in [2.05, 4.69) is 9.62 Å². The standard InChI is InChI=1S/C13H22N2O4S/c16-13(9-15-6-2-1-3-7-15)19-12-5-4-10-8-11(12)14-20(10,17)18/h10-12,14H,1-9H2. The van der Waals surface area contributed by atoms with Crippen LogP contribution in [0.5, 0.6) is 0 Å². The van der Waals surface area contributed by atoms with Crippen molar-refractivity contribution in [3.8, 4) is 0 Å². The van der Waals surface area contributed by atoms with E-state index in [-0.39, 0.29) is 23.4 Å². The second-order valence-electron chi connectivity index (χ2n) is 6.07. The summed E-state index contributed by atoms with van der Waals surface area (Å²) in [7, 11) is -3.17. The zero-order chi connectivity index (χ0) is 14.2. The summed E-state index contributed by atoms with van der Waals surface area (Å²) >= 11 is 0. The Labute approximate surface area is 119 Å². The molecule has 20 heavy (non-hydrogen) atoms. The first-order valence-electron chi connectivity index (χ1n) is 7.47. The lowest BCUT2D eigenvalue weighted by Crippen LogP contribution is -2.42. The van der Waals surface area contributed by atoms with E-state index in [4.69, 9.17) is 4.74 Å². The average molecular weight is 302 g/mol. The summed E-state index contributed by atoms with van der Waals surface area (Å²) in [6, 6.07) is -0.218. The minimum atomic E-state index is -3.17. The highest BCUT2D eigenvalue weighted by Gasteiger charge is 2.46. The number of piperidine rings is 1. The van der Waals surface area contributed by atoms with Gasteiger partial charge in [-0.2, -0.15) is 0 Å². The van der Waals surface area contributed by atoms with Crippen LogP contribution < -0.4 is 4.72 Å². The van der Waals surface area contributed by atoms with Gasteiger partial charge in [-0.25, -0.2) is 13.1 Å². The Morgan fingerprint density at radius 1 is 1.20 bits per heavy atom. The predicted molar refractivity (Wildman–Crippen MR) is 73.7 cm³/mol. The van der Waals surface area contributed by atoms with E-state index in [0.717, 1.165) is 25.9 Å². The fraction of sp³-hybridized carbons (Fsp3) is 0.923. The number of nitrogens with one attached hydrogen (secondary N) is 1. The maximum absolute atomic E-state index is 12.0. The predicted octanol–water partition coefficient (Wildman–Crippen LogP) is 0.238. The molecule has 3 aliphatic rings. The van der Waals surface area contributed by atoms with Crippen molar-refractivity contribution in [2.24, 2.45) is 0 Å². The van der Waals surface area contributed by atoms with Crippen molar-refractivity contribution < 1.29 is 17.9 Å². The molecule has 2 aliphatic heterocycles. The van der Waals surface area contributed by atoms with Crippen LogP contribution in [0, 0.1) is 0 Å². The van der Waals surface area contributed by atoms with Crippen LogP contribution in [0.1, 0.15) is 38.5 Å². The number of carbonyl (C=O) groups is 1. The van der Waals surface area contributed by atoms with Crippen LogP contribution in [0.3, 0.4) is 0 Å². The highest BCUT2D eigenvalue weighted by Crippen LogP contribution is 2.32. The monoisotopic (exact) mass is 302 g/mol. The Morgan fingerprint density at radius 2 is 1.95 bits per heavy atom. The molecule has 2 saturated heterocycles. The summed E-state index contributed by atoms with van der Waals surface area (Å²) < 4.78 is 31.6. The van der Waals surface area contributed by atoms with Gasteiger partial charge in [0.2, 0.25) is 10.0 Å². The van der Waals surface area contributed by atoms with Gasteiger partial charge in [-0.15, -0.1) is 0 Å². The van der Waals surface area contributed by atoms with Crippen LogP contribution in [-0.4, -0.2) is 56.3 Å². The van der Waals surface area contributed by atoms with Gasteiger partial charge in [-0.05, 0) is 45.2 Å². The largest absolute Gasteiger partial charge is 0.460 e. The van der Waals surface area contributed by atoms with Gasteiger partial charge in [0.15, 0.2) is 0 Å². The fourth-order valence-corrected chi connectivity index (χ4v) is 5.23. The number of sulfonamides is 1. The summed E-state index contributed by atoms with van der Waals surface area (Å²) in [5.74, 6) is -0.221. The highest BCUT2D eigenvalue weighted by atomic mass is 32.2. The number of fused-ring (bicyclic) bond motifs is 2. The van der Waals surface area contributed by atoms with Crippen molar-refractivity contribution in [2.45, 2.75) is 55.9 Å². The lowest BCUT2D eigenvalue weighted by Gasteiger charge is -2.29. The molecule has 1 saturated carbocycles. The van der Waals surface area contributed by atoms with Gasteiger partial charge in [0.1, 0.15) is 6.10 Å². The molecule has 1 N–H and O–H groups in total. The molecule has 3 fully saturated rings. The van der Waals surface area contributed by atoms with Crippen molar-refractivity contribution in [2.75, 3.05) is 19.6 Å². The molecule has 2 bridgehead atoms. The van der Waals surface area contributed by atoms with Crippen molar-refractivity contribution in [1.82, 2.24) is 9.62 Å². The van der Waals surface area contributed by atoms with Gasteiger partial charge >= 0.3 is 5.97 Å². The average Bonchev–Trinajstić information content (AvgIpc) is 2.65. The molecule has 0 amide bonds. The Balaban J connectivity index is 1.52. The molecule has 114 valence electrons. The van der Waals surface area contributed by atoms with Crippen molar-refractivity contribution in [1.29, 1.82) is 0 Å². The van der Waals surface area contributed by atoms with Crippen LogP contribution in [0.25, 0.3) is 0 Å². The first-order chi connectivity index (χ1) is 9.54. The molecule has 0 aromatic heterocycles. The number of carbonyl (C=O) groups excluding carboxylic acids is 1. The minimum Gasteiger partial charge on any atom is -0.460 e. The Hall–Kier alpha value is -0.660. The number of nitrogens with zero attached hydrogens (tertiary/aromatic N) is 1. The molecule has 3 atom stereocenters. The van der Waals surface area contributed by atoms with E-state index >= 15 is 0 Å². The third-order valence-corrected chi connectivity index (χ3v) is 6.51. The van der Waals surface area contributed by atoms with Gasteiger partial charge in [0.25, 0.3) is 0 Å². The number of likely N-dealkylation sites (tertiary alicyclic amines) is 1. The van der Waals surface area contributed by atoms with Crippen LogP contribution >= 0.6 is 0 Å². The third kappa shape index (κ3) is 2.99. The summed E-state index contributed by atoms with van der Waals surface area (Å²) in [6.07, 6.45) is 5.03. The summed E-state index contributed by atoms with van der Waals surface area (Å²) in [6.45, 7) is 2.25.